The van der Waals surface area contributed by atoms with E-state index in [0.717, 1.165) is 39.1 Å². The second-order valence-electron chi connectivity index (χ2n) is 4.22. The molecule has 1 saturated heterocycles. The zero-order chi connectivity index (χ0) is 11.9. The van der Waals surface area contributed by atoms with Gasteiger partial charge in [-0.2, -0.15) is 0 Å². The van der Waals surface area contributed by atoms with Gasteiger partial charge in [-0.3, -0.25) is 0 Å². The number of nitrogens with one attached hydrogen (secondary N) is 1. The Hall–Kier alpha value is -1.13. The van der Waals surface area contributed by atoms with Crippen LogP contribution in [0.2, 0.25) is 0 Å². The fraction of sp³-hybridized carbons (Fsp3) is 0.538. The molecule has 1 aliphatic heterocycles. The van der Waals surface area contributed by atoms with Gasteiger partial charge in [0.15, 0.2) is 11.6 Å². The first-order chi connectivity index (χ1) is 8.36. The Balaban J connectivity index is 1.64. The predicted molar refractivity (Wildman–Crippen MR) is 65.8 cm³/mol. The third-order valence-corrected chi connectivity index (χ3v) is 2.92. The molecule has 1 heterocycles. The van der Waals surface area contributed by atoms with Crippen molar-refractivity contribution in [2.45, 2.75) is 6.42 Å². The molecule has 0 aliphatic carbocycles. The monoisotopic (exact) mass is 238 g/mol. The molecule has 1 aromatic rings. The van der Waals surface area contributed by atoms with Crippen LogP contribution in [0.5, 0.6) is 5.75 Å². The number of nitrogens with zero attached hydrogens (tertiary/aromatic N) is 1. The van der Waals surface area contributed by atoms with Gasteiger partial charge in [-0.15, -0.1) is 0 Å². The molecule has 0 unspecified atom stereocenters. The van der Waals surface area contributed by atoms with Gasteiger partial charge < -0.3 is 15.0 Å². The molecule has 1 N–H and O–H groups in total. The van der Waals surface area contributed by atoms with Gasteiger partial charge >= 0.3 is 0 Å². The third-order valence-electron chi connectivity index (χ3n) is 2.92. The van der Waals surface area contributed by atoms with E-state index in [1.807, 2.05) is 0 Å². The molecule has 1 fully saturated rings. The largest absolute Gasteiger partial charge is 0.490 e. The van der Waals surface area contributed by atoms with Crippen molar-refractivity contribution in [3.8, 4) is 5.75 Å². The molecule has 0 aromatic heterocycles. The molecule has 1 aromatic carbocycles. The van der Waals surface area contributed by atoms with Crippen LogP contribution in [-0.2, 0) is 0 Å². The summed E-state index contributed by atoms with van der Waals surface area (Å²) in [7, 11) is 0. The highest BCUT2D eigenvalue weighted by Gasteiger charge is 2.08. The van der Waals surface area contributed by atoms with Crippen LogP contribution >= 0.6 is 0 Å². The summed E-state index contributed by atoms with van der Waals surface area (Å²) in [4.78, 5) is 2.40. The number of ether oxygens (including phenoxy) is 1. The molecule has 94 valence electrons. The Morgan fingerprint density at radius 1 is 1.24 bits per heavy atom. The zero-order valence-electron chi connectivity index (χ0n) is 9.99. The molecule has 3 nitrogen and oxygen atoms in total. The van der Waals surface area contributed by atoms with Crippen LogP contribution < -0.4 is 10.1 Å². The zero-order valence-corrected chi connectivity index (χ0v) is 9.99. The van der Waals surface area contributed by atoms with Crippen LogP contribution in [0, 0.1) is 5.82 Å². The lowest BCUT2D eigenvalue weighted by atomic mass is 10.3. The van der Waals surface area contributed by atoms with Crippen LogP contribution in [0.1, 0.15) is 6.42 Å². The van der Waals surface area contributed by atoms with Crippen molar-refractivity contribution in [3.05, 3.63) is 30.1 Å². The fourth-order valence-electron chi connectivity index (χ4n) is 1.97. The first-order valence-electron chi connectivity index (χ1n) is 6.16. The Labute approximate surface area is 102 Å². The van der Waals surface area contributed by atoms with Gasteiger partial charge in [0, 0.05) is 32.7 Å². The summed E-state index contributed by atoms with van der Waals surface area (Å²) in [6, 6.07) is 6.55. The number of halogens is 1. The SMILES string of the molecule is Fc1ccccc1OCCCN1CCNCC1. The van der Waals surface area contributed by atoms with Gasteiger partial charge in [-0.1, -0.05) is 12.1 Å². The number of piperazine rings is 1. The van der Waals surface area contributed by atoms with Crippen molar-refractivity contribution in [3.63, 3.8) is 0 Å². The second kappa shape index (κ2) is 6.57. The minimum atomic E-state index is -0.283. The highest BCUT2D eigenvalue weighted by atomic mass is 19.1. The van der Waals surface area contributed by atoms with Crippen molar-refractivity contribution in [2.24, 2.45) is 0 Å². The number of hydrogen-bond donors (Lipinski definition) is 1. The minimum Gasteiger partial charge on any atom is -0.490 e. The number of benzene rings is 1. The summed E-state index contributed by atoms with van der Waals surface area (Å²) in [6.45, 7) is 5.92. The second-order valence-corrected chi connectivity index (χ2v) is 4.22. The van der Waals surface area contributed by atoms with E-state index >= 15 is 0 Å². The lowest BCUT2D eigenvalue weighted by Gasteiger charge is -2.26. The van der Waals surface area contributed by atoms with Crippen molar-refractivity contribution < 1.29 is 9.13 Å². The fourth-order valence-corrected chi connectivity index (χ4v) is 1.97. The predicted octanol–water partition coefficient (Wildman–Crippen LogP) is 1.50. The van der Waals surface area contributed by atoms with Crippen molar-refractivity contribution >= 4 is 0 Å². The van der Waals surface area contributed by atoms with Crippen molar-refractivity contribution in [2.75, 3.05) is 39.3 Å². The smallest absolute Gasteiger partial charge is 0.165 e. The normalized spacial score (nSPS) is 17.0. The van der Waals surface area contributed by atoms with E-state index in [1.54, 1.807) is 18.2 Å². The van der Waals surface area contributed by atoms with E-state index in [-0.39, 0.29) is 5.82 Å². The maximum atomic E-state index is 13.2. The average Bonchev–Trinajstić information content (AvgIpc) is 2.38. The lowest BCUT2D eigenvalue weighted by Crippen LogP contribution is -2.43. The molecular weight excluding hydrogens is 219 g/mol. The average molecular weight is 238 g/mol. The molecule has 0 saturated carbocycles. The lowest BCUT2D eigenvalue weighted by molar-refractivity contribution is 0.211. The van der Waals surface area contributed by atoms with Crippen molar-refractivity contribution in [1.29, 1.82) is 0 Å². The summed E-state index contributed by atoms with van der Waals surface area (Å²) in [5, 5.41) is 3.32. The van der Waals surface area contributed by atoms with Gasteiger partial charge in [0.1, 0.15) is 0 Å². The van der Waals surface area contributed by atoms with Gasteiger partial charge in [0.05, 0.1) is 6.61 Å². The molecule has 17 heavy (non-hydrogen) atoms. The molecule has 0 atom stereocenters. The summed E-state index contributed by atoms with van der Waals surface area (Å²) < 4.78 is 18.6. The highest BCUT2D eigenvalue weighted by Crippen LogP contribution is 2.15. The molecule has 0 spiro atoms. The standard InChI is InChI=1S/C13H19FN2O/c14-12-4-1-2-5-13(12)17-11-3-8-16-9-6-15-7-10-16/h1-2,4-5,15H,3,6-11H2. The molecule has 4 heteroatoms. The van der Waals surface area contributed by atoms with E-state index < -0.39 is 0 Å². The van der Waals surface area contributed by atoms with E-state index in [4.69, 9.17) is 4.74 Å². The maximum Gasteiger partial charge on any atom is 0.165 e. The quantitative estimate of drug-likeness (QED) is 0.787. The molecule has 0 radical (unpaired) electrons. The van der Waals surface area contributed by atoms with Gasteiger partial charge in [-0.25, -0.2) is 4.39 Å². The van der Waals surface area contributed by atoms with E-state index in [9.17, 15) is 4.39 Å². The first kappa shape index (κ1) is 12.3. The molecule has 2 rings (SSSR count). The number of hydrogen-bond acceptors (Lipinski definition) is 3. The molecular formula is C13H19FN2O. The van der Waals surface area contributed by atoms with E-state index in [2.05, 4.69) is 10.2 Å². The Kier molecular flexibility index (Phi) is 4.76. The van der Waals surface area contributed by atoms with Gasteiger partial charge in [-0.05, 0) is 18.6 Å². The van der Waals surface area contributed by atoms with Gasteiger partial charge in [0.2, 0.25) is 0 Å². The van der Waals surface area contributed by atoms with Crippen LogP contribution in [0.15, 0.2) is 24.3 Å². The first-order valence-corrected chi connectivity index (χ1v) is 6.16. The molecule has 1 aliphatic rings. The number of para-hydroxylation sites is 1. The van der Waals surface area contributed by atoms with Crippen LogP contribution in [0.4, 0.5) is 4.39 Å². The van der Waals surface area contributed by atoms with Crippen molar-refractivity contribution in [1.82, 2.24) is 10.2 Å². The summed E-state index contributed by atoms with van der Waals surface area (Å²) in [5.74, 6) is 0.0717. The van der Waals surface area contributed by atoms with Gasteiger partial charge in [0.25, 0.3) is 0 Å². The Morgan fingerprint density at radius 3 is 2.76 bits per heavy atom. The Bertz CT molecular complexity index is 340. The topological polar surface area (TPSA) is 24.5 Å². The highest BCUT2D eigenvalue weighted by molar-refractivity contribution is 5.23. The summed E-state index contributed by atoms with van der Waals surface area (Å²) >= 11 is 0. The molecule has 0 bridgehead atoms. The Morgan fingerprint density at radius 2 is 2.00 bits per heavy atom. The minimum absolute atomic E-state index is 0.283. The molecule has 0 amide bonds. The van der Waals surface area contributed by atoms with Crippen LogP contribution in [0.25, 0.3) is 0 Å². The van der Waals surface area contributed by atoms with Crippen LogP contribution in [0.3, 0.4) is 0 Å². The van der Waals surface area contributed by atoms with Crippen LogP contribution in [-0.4, -0.2) is 44.2 Å². The third kappa shape index (κ3) is 3.98. The maximum absolute atomic E-state index is 13.2. The van der Waals surface area contributed by atoms with E-state index in [1.165, 1.54) is 6.07 Å². The summed E-state index contributed by atoms with van der Waals surface area (Å²) in [6.07, 6.45) is 0.939. The number of rotatable bonds is 5. The van der Waals surface area contributed by atoms with E-state index in [0.29, 0.717) is 12.4 Å². The summed E-state index contributed by atoms with van der Waals surface area (Å²) in [5.41, 5.74) is 0.